The minimum absolute atomic E-state index is 0.0442. The van der Waals surface area contributed by atoms with E-state index < -0.39 is 15.8 Å². The molecule has 0 saturated heterocycles. The van der Waals surface area contributed by atoms with Crippen LogP contribution in [0.15, 0.2) is 47.4 Å². The molecular formula is C19H23ClFN3O3S. The van der Waals surface area contributed by atoms with Gasteiger partial charge in [0.2, 0.25) is 15.9 Å². The van der Waals surface area contributed by atoms with Crippen molar-refractivity contribution in [1.29, 1.82) is 0 Å². The zero-order valence-electron chi connectivity index (χ0n) is 15.7. The zero-order valence-corrected chi connectivity index (χ0v) is 17.3. The molecule has 0 aromatic heterocycles. The second kappa shape index (κ2) is 9.86. The van der Waals surface area contributed by atoms with E-state index in [-0.39, 0.29) is 22.4 Å². The number of anilines is 2. The Labute approximate surface area is 169 Å². The summed E-state index contributed by atoms with van der Waals surface area (Å²) in [4.78, 5) is 12.2. The van der Waals surface area contributed by atoms with Gasteiger partial charge in [-0.2, -0.15) is 0 Å². The van der Waals surface area contributed by atoms with E-state index in [9.17, 15) is 17.6 Å². The van der Waals surface area contributed by atoms with Crippen molar-refractivity contribution in [2.75, 3.05) is 30.8 Å². The Kier molecular flexibility index (Phi) is 7.79. The second-order valence-corrected chi connectivity index (χ2v) is 8.69. The number of halogens is 2. The Morgan fingerprint density at radius 3 is 2.39 bits per heavy atom. The molecule has 0 aliphatic carbocycles. The molecule has 2 N–H and O–H groups in total. The first-order valence-electron chi connectivity index (χ1n) is 8.79. The van der Waals surface area contributed by atoms with Gasteiger partial charge >= 0.3 is 0 Å². The predicted molar refractivity (Wildman–Crippen MR) is 110 cm³/mol. The fourth-order valence-electron chi connectivity index (χ4n) is 2.39. The lowest BCUT2D eigenvalue weighted by atomic mass is 10.3. The summed E-state index contributed by atoms with van der Waals surface area (Å²) >= 11 is 5.68. The van der Waals surface area contributed by atoms with E-state index in [1.54, 1.807) is 19.2 Å². The molecule has 0 heterocycles. The molecule has 0 unspecified atom stereocenters. The highest BCUT2D eigenvalue weighted by Crippen LogP contribution is 2.20. The molecule has 0 saturated carbocycles. The molecule has 2 rings (SSSR count). The van der Waals surface area contributed by atoms with Gasteiger partial charge in [-0.05, 0) is 48.9 Å². The van der Waals surface area contributed by atoms with E-state index >= 15 is 0 Å². The lowest BCUT2D eigenvalue weighted by molar-refractivity contribution is -0.114. The number of hydrogen-bond acceptors (Lipinski definition) is 4. The van der Waals surface area contributed by atoms with Gasteiger partial charge < -0.3 is 10.6 Å². The quantitative estimate of drug-likeness (QED) is 0.635. The van der Waals surface area contributed by atoms with Crippen molar-refractivity contribution in [2.24, 2.45) is 0 Å². The van der Waals surface area contributed by atoms with Crippen molar-refractivity contribution < 1.29 is 17.6 Å². The second-order valence-electron chi connectivity index (χ2n) is 6.24. The monoisotopic (exact) mass is 427 g/mol. The van der Waals surface area contributed by atoms with Crippen LogP contribution in [-0.4, -0.2) is 38.8 Å². The van der Waals surface area contributed by atoms with Gasteiger partial charge in [0.25, 0.3) is 0 Å². The molecule has 152 valence electrons. The first-order chi connectivity index (χ1) is 13.2. The first kappa shape index (κ1) is 22.1. The molecule has 28 heavy (non-hydrogen) atoms. The summed E-state index contributed by atoms with van der Waals surface area (Å²) < 4.78 is 39.4. The van der Waals surface area contributed by atoms with Crippen molar-refractivity contribution in [3.63, 3.8) is 0 Å². The van der Waals surface area contributed by atoms with Crippen LogP contribution in [0.1, 0.15) is 19.8 Å². The van der Waals surface area contributed by atoms with Gasteiger partial charge in [0.1, 0.15) is 5.82 Å². The lowest BCUT2D eigenvalue weighted by Gasteiger charge is -2.17. The number of sulfonamides is 1. The number of nitrogens with one attached hydrogen (secondary N) is 2. The zero-order chi connectivity index (χ0) is 20.7. The number of hydrogen-bond donors (Lipinski definition) is 2. The van der Waals surface area contributed by atoms with E-state index in [0.29, 0.717) is 17.9 Å². The number of unbranched alkanes of at least 4 members (excludes halogenated alkanes) is 1. The van der Waals surface area contributed by atoms with Gasteiger partial charge in [-0.25, -0.2) is 17.1 Å². The summed E-state index contributed by atoms with van der Waals surface area (Å²) in [5, 5.41) is 5.42. The van der Waals surface area contributed by atoms with Crippen LogP contribution in [0, 0.1) is 5.82 Å². The Morgan fingerprint density at radius 1 is 1.14 bits per heavy atom. The number of benzene rings is 2. The highest BCUT2D eigenvalue weighted by molar-refractivity contribution is 7.89. The average Bonchev–Trinajstić information content (AvgIpc) is 2.67. The maximum Gasteiger partial charge on any atom is 0.243 e. The van der Waals surface area contributed by atoms with Crippen molar-refractivity contribution in [2.45, 2.75) is 24.7 Å². The first-order valence-corrected chi connectivity index (χ1v) is 10.6. The van der Waals surface area contributed by atoms with Gasteiger partial charge in [0, 0.05) is 25.0 Å². The van der Waals surface area contributed by atoms with Crippen LogP contribution in [0.5, 0.6) is 0 Å². The highest BCUT2D eigenvalue weighted by Gasteiger charge is 2.19. The van der Waals surface area contributed by atoms with Crippen LogP contribution in [0.25, 0.3) is 0 Å². The number of carbonyl (C=O) groups is 1. The van der Waals surface area contributed by atoms with Gasteiger partial charge in [-0.15, -0.1) is 0 Å². The van der Waals surface area contributed by atoms with Crippen LogP contribution in [0.4, 0.5) is 15.8 Å². The number of carbonyl (C=O) groups excluding carboxylic acids is 1. The molecular weight excluding hydrogens is 405 g/mol. The summed E-state index contributed by atoms with van der Waals surface area (Å²) in [6.45, 7) is 2.42. The van der Waals surface area contributed by atoms with E-state index in [1.165, 1.54) is 34.6 Å². The van der Waals surface area contributed by atoms with E-state index in [4.69, 9.17) is 11.6 Å². The van der Waals surface area contributed by atoms with Crippen LogP contribution in [0.2, 0.25) is 5.02 Å². The molecule has 0 spiro atoms. The molecule has 0 aliphatic heterocycles. The summed E-state index contributed by atoms with van der Waals surface area (Å²) in [6, 6.07) is 10.1. The molecule has 1 amide bonds. The van der Waals surface area contributed by atoms with Crippen molar-refractivity contribution >= 4 is 38.9 Å². The maximum atomic E-state index is 13.1. The SMILES string of the molecule is CCCCN(C)S(=O)(=O)c1ccc(NCC(=O)Nc2ccc(F)c(Cl)c2)cc1. The molecule has 0 atom stereocenters. The third-order valence-corrected chi connectivity index (χ3v) is 6.21. The fraction of sp³-hybridized carbons (Fsp3) is 0.316. The molecule has 0 bridgehead atoms. The largest absolute Gasteiger partial charge is 0.376 e. The summed E-state index contributed by atoms with van der Waals surface area (Å²) in [5.74, 6) is -0.910. The highest BCUT2D eigenvalue weighted by atomic mass is 35.5. The molecule has 2 aromatic rings. The smallest absolute Gasteiger partial charge is 0.243 e. The lowest BCUT2D eigenvalue weighted by Crippen LogP contribution is -2.28. The summed E-state index contributed by atoms with van der Waals surface area (Å²) in [7, 11) is -1.97. The maximum absolute atomic E-state index is 13.1. The number of nitrogens with zero attached hydrogens (tertiary/aromatic N) is 1. The van der Waals surface area contributed by atoms with E-state index in [2.05, 4.69) is 10.6 Å². The Balaban J connectivity index is 1.93. The normalized spacial score (nSPS) is 11.5. The van der Waals surface area contributed by atoms with Crippen molar-refractivity contribution in [3.8, 4) is 0 Å². The third kappa shape index (κ3) is 5.92. The summed E-state index contributed by atoms with van der Waals surface area (Å²) in [6.07, 6.45) is 1.71. The van der Waals surface area contributed by atoms with Gasteiger partial charge in [-0.3, -0.25) is 4.79 Å². The molecule has 0 aliphatic rings. The molecule has 2 aromatic carbocycles. The minimum atomic E-state index is -3.52. The van der Waals surface area contributed by atoms with E-state index in [0.717, 1.165) is 12.8 Å². The van der Waals surface area contributed by atoms with Crippen LogP contribution < -0.4 is 10.6 Å². The Morgan fingerprint density at radius 2 is 1.79 bits per heavy atom. The number of rotatable bonds is 9. The summed E-state index contributed by atoms with van der Waals surface area (Å²) in [5.41, 5.74) is 0.984. The van der Waals surface area contributed by atoms with Crippen molar-refractivity contribution in [1.82, 2.24) is 4.31 Å². The standard InChI is InChI=1S/C19H23ClFN3O3S/c1-3-4-11-24(2)28(26,27)16-8-5-14(6-9-16)22-13-19(25)23-15-7-10-18(21)17(20)12-15/h5-10,12,22H,3-4,11,13H2,1-2H3,(H,23,25). The van der Waals surface area contributed by atoms with Crippen molar-refractivity contribution in [3.05, 3.63) is 53.3 Å². The van der Waals surface area contributed by atoms with Crippen LogP contribution in [0.3, 0.4) is 0 Å². The topological polar surface area (TPSA) is 78.5 Å². The minimum Gasteiger partial charge on any atom is -0.376 e. The third-order valence-electron chi connectivity index (χ3n) is 4.05. The van der Waals surface area contributed by atoms with Gasteiger partial charge in [-0.1, -0.05) is 24.9 Å². The van der Waals surface area contributed by atoms with Crippen LogP contribution >= 0.6 is 11.6 Å². The Bertz CT molecular complexity index is 921. The van der Waals surface area contributed by atoms with Gasteiger partial charge in [0.15, 0.2) is 0 Å². The Hall–Kier alpha value is -2.16. The van der Waals surface area contributed by atoms with E-state index in [1.807, 2.05) is 6.92 Å². The average molecular weight is 428 g/mol. The fourth-order valence-corrected chi connectivity index (χ4v) is 3.78. The number of amides is 1. The molecule has 9 heteroatoms. The molecule has 0 radical (unpaired) electrons. The van der Waals surface area contributed by atoms with Gasteiger partial charge in [0.05, 0.1) is 16.5 Å². The molecule has 0 fully saturated rings. The predicted octanol–water partition coefficient (Wildman–Crippen LogP) is 3.95. The van der Waals surface area contributed by atoms with Crippen LogP contribution in [-0.2, 0) is 14.8 Å². The molecule has 6 nitrogen and oxygen atoms in total.